The van der Waals surface area contributed by atoms with E-state index in [0.29, 0.717) is 5.92 Å². The normalized spacial score (nSPS) is 25.0. The maximum absolute atomic E-state index is 11.5. The average molecular weight is 334 g/mol. The van der Waals surface area contributed by atoms with E-state index in [4.69, 9.17) is 9.84 Å². The molecule has 0 radical (unpaired) electrons. The first-order valence-corrected chi connectivity index (χ1v) is 9.00. The molecule has 0 bridgehead atoms. The van der Waals surface area contributed by atoms with Gasteiger partial charge in [-0.1, -0.05) is 0 Å². The van der Waals surface area contributed by atoms with Crippen molar-refractivity contribution in [3.63, 3.8) is 0 Å². The first kappa shape index (κ1) is 15.0. The van der Waals surface area contributed by atoms with Crippen LogP contribution >= 0.6 is 11.3 Å². The summed E-state index contributed by atoms with van der Waals surface area (Å²) >= 11 is 1.77. The van der Waals surface area contributed by atoms with Crippen molar-refractivity contribution in [2.75, 3.05) is 44.7 Å². The Morgan fingerprint density at radius 1 is 1.39 bits per heavy atom. The fourth-order valence-corrected chi connectivity index (χ4v) is 4.47. The maximum atomic E-state index is 11.5. The minimum absolute atomic E-state index is 0.0396. The zero-order valence-corrected chi connectivity index (χ0v) is 14.4. The van der Waals surface area contributed by atoms with Gasteiger partial charge in [0, 0.05) is 39.8 Å². The van der Waals surface area contributed by atoms with Crippen LogP contribution in [0.2, 0.25) is 0 Å². The van der Waals surface area contributed by atoms with Gasteiger partial charge in [-0.2, -0.15) is 5.10 Å². The molecular weight excluding hydrogens is 312 g/mol. The van der Waals surface area contributed by atoms with Crippen molar-refractivity contribution in [3.05, 3.63) is 11.4 Å². The third kappa shape index (κ3) is 2.72. The number of thiophene rings is 1. The quantitative estimate of drug-likeness (QED) is 0.795. The van der Waals surface area contributed by atoms with Crippen molar-refractivity contribution >= 4 is 33.3 Å². The van der Waals surface area contributed by atoms with Crippen LogP contribution in [0.5, 0.6) is 0 Å². The lowest BCUT2D eigenvalue weighted by molar-refractivity contribution is -0.142. The summed E-state index contributed by atoms with van der Waals surface area (Å²) in [5, 5.41) is 6.82. The summed E-state index contributed by atoms with van der Waals surface area (Å²) in [6.45, 7) is 5.09. The molecule has 0 amide bonds. The molecule has 4 rings (SSSR count). The molecular formula is C16H22N4O2S. The van der Waals surface area contributed by atoms with E-state index in [-0.39, 0.29) is 11.9 Å². The number of methoxy groups -OCH3 is 1. The second-order valence-electron chi connectivity index (χ2n) is 6.50. The molecule has 6 nitrogen and oxygen atoms in total. The Labute approximate surface area is 139 Å². The van der Waals surface area contributed by atoms with Crippen molar-refractivity contribution in [1.29, 1.82) is 0 Å². The van der Waals surface area contributed by atoms with Gasteiger partial charge in [0.05, 0.1) is 23.2 Å². The van der Waals surface area contributed by atoms with Crippen LogP contribution in [0, 0.1) is 11.8 Å². The summed E-state index contributed by atoms with van der Waals surface area (Å²) in [5.74, 6) is 1.71. The van der Waals surface area contributed by atoms with E-state index < -0.39 is 0 Å². The summed E-state index contributed by atoms with van der Waals surface area (Å²) in [6.07, 6.45) is 0.989. The number of carbonyl (C=O) groups excluding carboxylic acids is 1. The lowest BCUT2D eigenvalue weighted by Gasteiger charge is -2.35. The molecule has 2 atom stereocenters. The van der Waals surface area contributed by atoms with Gasteiger partial charge in [0.1, 0.15) is 0 Å². The van der Waals surface area contributed by atoms with Crippen molar-refractivity contribution < 1.29 is 9.53 Å². The van der Waals surface area contributed by atoms with Crippen molar-refractivity contribution in [2.24, 2.45) is 18.9 Å². The molecule has 2 aromatic heterocycles. The van der Waals surface area contributed by atoms with Gasteiger partial charge >= 0.3 is 5.97 Å². The van der Waals surface area contributed by atoms with E-state index in [1.165, 1.54) is 17.3 Å². The summed E-state index contributed by atoms with van der Waals surface area (Å²) in [6, 6.07) is 2.13. The second kappa shape index (κ2) is 5.79. The van der Waals surface area contributed by atoms with Gasteiger partial charge in [0.25, 0.3) is 0 Å². The number of hydrogen-bond acceptors (Lipinski definition) is 6. The Balaban J connectivity index is 1.35. The minimum atomic E-state index is -0.0396. The minimum Gasteiger partial charge on any atom is -0.469 e. The number of piperazine rings is 1. The first-order chi connectivity index (χ1) is 11.2. The van der Waals surface area contributed by atoms with Gasteiger partial charge < -0.3 is 9.64 Å². The summed E-state index contributed by atoms with van der Waals surface area (Å²) in [5.41, 5.74) is 1.21. The van der Waals surface area contributed by atoms with Crippen LogP contribution in [-0.2, 0) is 16.6 Å². The van der Waals surface area contributed by atoms with E-state index >= 15 is 0 Å². The molecule has 1 saturated carbocycles. The largest absolute Gasteiger partial charge is 0.469 e. The van der Waals surface area contributed by atoms with Gasteiger partial charge in [-0.05, 0) is 23.8 Å². The van der Waals surface area contributed by atoms with Crippen LogP contribution in [0.1, 0.15) is 6.42 Å². The predicted molar refractivity (Wildman–Crippen MR) is 90.9 cm³/mol. The molecule has 2 aromatic rings. The number of nitrogens with zero attached hydrogens (tertiary/aromatic N) is 4. The molecule has 1 saturated heterocycles. The highest BCUT2D eigenvalue weighted by molar-refractivity contribution is 7.17. The Hall–Kier alpha value is -1.60. The van der Waals surface area contributed by atoms with E-state index in [2.05, 4.69) is 21.2 Å². The molecule has 0 N–H and O–H groups in total. The Morgan fingerprint density at radius 2 is 2.17 bits per heavy atom. The molecule has 7 heteroatoms. The molecule has 0 aromatic carbocycles. The SMILES string of the molecule is COC(=O)[C@@H]1C[C@H]1CN1CCN(c2nn(C)c3ccsc23)CC1. The van der Waals surface area contributed by atoms with Gasteiger partial charge in [-0.15, -0.1) is 11.3 Å². The van der Waals surface area contributed by atoms with Crippen LogP contribution in [-0.4, -0.2) is 60.5 Å². The van der Waals surface area contributed by atoms with Crippen molar-refractivity contribution in [1.82, 2.24) is 14.7 Å². The van der Waals surface area contributed by atoms with E-state index in [0.717, 1.165) is 45.0 Å². The highest BCUT2D eigenvalue weighted by Gasteiger charge is 2.44. The molecule has 1 aliphatic heterocycles. The molecule has 0 spiro atoms. The fourth-order valence-electron chi connectivity index (χ4n) is 3.54. The standard InChI is InChI=1S/C16H22N4O2S/c1-18-13-3-8-23-14(13)15(17-18)20-6-4-19(5-7-20)10-11-9-12(11)16(21)22-2/h3,8,11-12H,4-7,9-10H2,1-2H3/t11-,12+/m0/s1. The molecule has 2 fully saturated rings. The molecule has 2 aliphatic rings. The third-order valence-electron chi connectivity index (χ3n) is 5.03. The number of rotatable bonds is 4. The third-order valence-corrected chi connectivity index (χ3v) is 5.93. The number of aromatic nitrogens is 2. The van der Waals surface area contributed by atoms with Crippen LogP contribution in [0.3, 0.4) is 0 Å². The van der Waals surface area contributed by atoms with Crippen molar-refractivity contribution in [3.8, 4) is 0 Å². The molecule has 23 heavy (non-hydrogen) atoms. The Morgan fingerprint density at radius 3 is 2.91 bits per heavy atom. The van der Waals surface area contributed by atoms with Crippen LogP contribution in [0.4, 0.5) is 5.82 Å². The molecule has 0 unspecified atom stereocenters. The smallest absolute Gasteiger partial charge is 0.308 e. The van der Waals surface area contributed by atoms with Crippen molar-refractivity contribution in [2.45, 2.75) is 6.42 Å². The number of aryl methyl sites for hydroxylation is 1. The lowest BCUT2D eigenvalue weighted by atomic mass is 10.2. The summed E-state index contributed by atoms with van der Waals surface area (Å²) in [7, 11) is 3.49. The second-order valence-corrected chi connectivity index (χ2v) is 7.41. The average Bonchev–Trinajstić information content (AvgIpc) is 3.03. The first-order valence-electron chi connectivity index (χ1n) is 8.12. The molecule has 3 heterocycles. The monoisotopic (exact) mass is 334 g/mol. The van der Waals surface area contributed by atoms with Crippen LogP contribution in [0.25, 0.3) is 10.2 Å². The van der Waals surface area contributed by atoms with E-state index in [1.807, 2.05) is 11.7 Å². The number of esters is 1. The number of fused-ring (bicyclic) bond motifs is 1. The molecule has 124 valence electrons. The van der Waals surface area contributed by atoms with E-state index in [1.54, 1.807) is 11.3 Å². The Bertz CT molecular complexity index is 717. The van der Waals surface area contributed by atoms with Gasteiger partial charge in [-0.3, -0.25) is 14.4 Å². The zero-order chi connectivity index (χ0) is 16.0. The van der Waals surface area contributed by atoms with E-state index in [9.17, 15) is 4.79 Å². The Kier molecular flexibility index (Phi) is 3.77. The maximum Gasteiger partial charge on any atom is 0.308 e. The lowest BCUT2D eigenvalue weighted by Crippen LogP contribution is -2.47. The topological polar surface area (TPSA) is 50.6 Å². The van der Waals surface area contributed by atoms with Crippen LogP contribution in [0.15, 0.2) is 11.4 Å². The fraction of sp³-hybridized carbons (Fsp3) is 0.625. The number of carbonyl (C=O) groups is 1. The zero-order valence-electron chi connectivity index (χ0n) is 13.6. The predicted octanol–water partition coefficient (Wildman–Crippen LogP) is 1.57. The van der Waals surface area contributed by atoms with Gasteiger partial charge in [0.2, 0.25) is 0 Å². The van der Waals surface area contributed by atoms with Gasteiger partial charge in [0.15, 0.2) is 5.82 Å². The van der Waals surface area contributed by atoms with Crippen LogP contribution < -0.4 is 4.90 Å². The molecule has 1 aliphatic carbocycles. The summed E-state index contributed by atoms with van der Waals surface area (Å²) < 4.78 is 8.09. The number of hydrogen-bond donors (Lipinski definition) is 0. The van der Waals surface area contributed by atoms with Gasteiger partial charge in [-0.25, -0.2) is 0 Å². The highest BCUT2D eigenvalue weighted by Crippen LogP contribution is 2.40. The highest BCUT2D eigenvalue weighted by atomic mass is 32.1. The number of ether oxygens (including phenoxy) is 1. The summed E-state index contributed by atoms with van der Waals surface area (Å²) in [4.78, 5) is 16.4. The number of anilines is 1.